The molecule has 1 aliphatic rings. The third-order valence-corrected chi connectivity index (χ3v) is 7.62. The second-order valence-corrected chi connectivity index (χ2v) is 10.4. The topological polar surface area (TPSA) is 92.1 Å². The number of carbonyl (C=O) groups is 2. The van der Waals surface area contributed by atoms with Crippen LogP contribution in [0.25, 0.3) is 15.9 Å². The number of nitrogens with zero attached hydrogens (tertiary/aromatic N) is 4. The van der Waals surface area contributed by atoms with Crippen molar-refractivity contribution in [3.05, 3.63) is 130 Å². The number of aryl methyl sites for hydroxylation is 1. The van der Waals surface area contributed by atoms with Crippen LogP contribution in [0.1, 0.15) is 49.3 Å². The van der Waals surface area contributed by atoms with Gasteiger partial charge in [0.15, 0.2) is 0 Å². The Bertz CT molecular complexity index is 1790. The molecule has 0 bridgehead atoms. The zero-order valence-electron chi connectivity index (χ0n) is 24.0. The first-order chi connectivity index (χ1) is 20.9. The van der Waals surface area contributed by atoms with Crippen molar-refractivity contribution in [2.45, 2.75) is 26.2 Å². The Morgan fingerprint density at radius 3 is 1.88 bits per heavy atom. The van der Waals surface area contributed by atoms with Crippen molar-refractivity contribution in [2.75, 3.05) is 19.1 Å². The molecule has 0 aliphatic carbocycles. The summed E-state index contributed by atoms with van der Waals surface area (Å²) in [5, 5.41) is 0. The predicted molar refractivity (Wildman–Crippen MR) is 163 cm³/mol. The number of rotatable bonds is 9. The predicted octanol–water partition coefficient (Wildman–Crippen LogP) is 6.31. The lowest BCUT2D eigenvalue weighted by Gasteiger charge is -2.26. The molecule has 1 atom stereocenters. The molecule has 3 heterocycles. The average Bonchev–Trinajstić information content (AvgIpc) is 3.55. The van der Waals surface area contributed by atoms with Crippen LogP contribution in [0.2, 0.25) is 0 Å². The Balaban J connectivity index is 1.36. The van der Waals surface area contributed by atoms with E-state index >= 15 is 0 Å². The molecule has 0 saturated heterocycles. The summed E-state index contributed by atoms with van der Waals surface area (Å²) in [5.41, 5.74) is 5.50. The highest BCUT2D eigenvalue weighted by atomic mass is 16.5. The fourth-order valence-electron chi connectivity index (χ4n) is 5.43. The number of ether oxygens (including phenoxy) is 2. The lowest BCUT2D eigenvalue weighted by Crippen LogP contribution is -2.32. The van der Waals surface area contributed by atoms with Crippen molar-refractivity contribution in [2.24, 2.45) is 0 Å². The largest absolute Gasteiger partial charge is 0.497 e. The van der Waals surface area contributed by atoms with E-state index in [1.54, 1.807) is 44.6 Å². The molecule has 1 unspecified atom stereocenters. The molecule has 0 radical (unpaired) electrons. The molecule has 43 heavy (non-hydrogen) atoms. The maximum Gasteiger partial charge on any atom is 0.348 e. The molecule has 9 nitrogen and oxygen atoms in total. The van der Waals surface area contributed by atoms with E-state index < -0.39 is 18.0 Å². The molecule has 2 amide bonds. The van der Waals surface area contributed by atoms with Crippen molar-refractivity contribution in [3.8, 4) is 11.5 Å². The Labute approximate surface area is 249 Å². The lowest BCUT2D eigenvalue weighted by molar-refractivity contribution is 0.0609. The van der Waals surface area contributed by atoms with Crippen LogP contribution in [0.4, 0.5) is 5.82 Å². The third-order valence-electron chi connectivity index (χ3n) is 7.62. The van der Waals surface area contributed by atoms with Crippen molar-refractivity contribution in [3.63, 3.8) is 0 Å². The maximum absolute atomic E-state index is 13.1. The van der Waals surface area contributed by atoms with Crippen LogP contribution < -0.4 is 14.4 Å². The highest BCUT2D eigenvalue weighted by Gasteiger charge is 2.44. The highest BCUT2D eigenvalue weighted by molar-refractivity contribution is 6.21. The summed E-state index contributed by atoms with van der Waals surface area (Å²) in [6.07, 6.45) is -1.14. The van der Waals surface area contributed by atoms with Crippen LogP contribution in [-0.4, -0.2) is 40.9 Å². The van der Waals surface area contributed by atoms with E-state index in [1.165, 1.54) is 0 Å². The van der Waals surface area contributed by atoms with E-state index in [1.807, 2.05) is 61.5 Å². The number of hydrogen-bond donors (Lipinski definition) is 1. The summed E-state index contributed by atoms with van der Waals surface area (Å²) in [6, 6.07) is 26.3. The smallest absolute Gasteiger partial charge is 0.348 e. The van der Waals surface area contributed by atoms with Gasteiger partial charge in [0.05, 0.1) is 36.4 Å². The number of aromatic amines is 1. The number of H-pyrrole nitrogens is 1. The lowest BCUT2D eigenvalue weighted by atomic mass is 10.1. The van der Waals surface area contributed by atoms with Crippen LogP contribution in [-0.2, 0) is 13.1 Å². The number of anilines is 1. The molecule has 6 rings (SSSR count). The number of hydrogen-bond acceptors (Lipinski definition) is 6. The number of aromatic nitrogens is 2. The minimum absolute atomic E-state index is 0.307. The molecule has 0 saturated carbocycles. The molecule has 9 heteroatoms. The first-order valence-electron chi connectivity index (χ1n) is 13.7. The summed E-state index contributed by atoms with van der Waals surface area (Å²) in [5.74, 6) is 1.40. The summed E-state index contributed by atoms with van der Waals surface area (Å²) >= 11 is 0. The molecular weight excluding hydrogens is 542 g/mol. The minimum Gasteiger partial charge on any atom is -0.497 e. The second-order valence-electron chi connectivity index (χ2n) is 10.4. The summed E-state index contributed by atoms with van der Waals surface area (Å²) in [7, 11) is 3.29. The molecule has 214 valence electrons. The Kier molecular flexibility index (Phi) is 7.26. The number of amides is 2. The van der Waals surface area contributed by atoms with E-state index in [9.17, 15) is 9.59 Å². The first kappa shape index (κ1) is 27.5. The van der Waals surface area contributed by atoms with Gasteiger partial charge in [-0.2, -0.15) is 4.90 Å². The van der Waals surface area contributed by atoms with Crippen molar-refractivity contribution in [1.29, 1.82) is 0 Å². The summed E-state index contributed by atoms with van der Waals surface area (Å²) in [4.78, 5) is 41.5. The van der Waals surface area contributed by atoms with Crippen molar-refractivity contribution >= 4 is 28.7 Å². The van der Waals surface area contributed by atoms with E-state index in [0.29, 0.717) is 35.4 Å². The zero-order valence-corrected chi connectivity index (χ0v) is 24.0. The monoisotopic (exact) mass is 571 g/mol. The van der Waals surface area contributed by atoms with E-state index in [2.05, 4.69) is 14.7 Å². The third kappa shape index (κ3) is 5.15. The second kappa shape index (κ2) is 11.3. The molecule has 0 spiro atoms. The Hall–Kier alpha value is -5.62. The molecular formula is C34H29N5O4. The number of pyridine rings is 1. The van der Waals surface area contributed by atoms with Crippen LogP contribution in [0.3, 0.4) is 0 Å². The number of fused-ring (bicyclic) bond motifs is 2. The van der Waals surface area contributed by atoms with Gasteiger partial charge in [-0.3, -0.25) is 14.4 Å². The van der Waals surface area contributed by atoms with Crippen LogP contribution in [0.5, 0.6) is 11.5 Å². The molecule has 2 aromatic heterocycles. The number of nitrogens with one attached hydrogen (secondary N) is 1. The van der Waals surface area contributed by atoms with Gasteiger partial charge in [0.25, 0.3) is 11.8 Å². The normalized spacial score (nSPS) is 13.1. The van der Waals surface area contributed by atoms with Gasteiger partial charge >= 0.3 is 6.17 Å². The number of carbonyl (C=O) groups excluding carboxylic acids is 2. The van der Waals surface area contributed by atoms with E-state index in [0.717, 1.165) is 44.4 Å². The standard InChI is InChI=1S/C34H29N5O4/c1-21-17-28-29(18-30(36-28)32(35-2)39-33(40)26-7-5-6-8-27(26)34(39)41)37-31(21)38(19-22-9-13-24(42-3)14-10-22)20-23-11-15-25(43-4)16-12-23/h5-18,32,36H,19-20H2,1,3-4H3. The summed E-state index contributed by atoms with van der Waals surface area (Å²) < 4.78 is 10.7. The summed E-state index contributed by atoms with van der Waals surface area (Å²) in [6.45, 7) is 11.1. The molecule has 1 N–H and O–H groups in total. The van der Waals surface area contributed by atoms with Gasteiger partial charge in [0.1, 0.15) is 23.0 Å². The highest BCUT2D eigenvalue weighted by Crippen LogP contribution is 2.34. The molecule has 0 fully saturated rings. The number of imide groups is 1. The Morgan fingerprint density at radius 2 is 1.40 bits per heavy atom. The minimum atomic E-state index is -1.14. The van der Waals surface area contributed by atoms with Gasteiger partial charge < -0.3 is 19.4 Å². The Morgan fingerprint density at radius 1 is 0.860 bits per heavy atom. The van der Waals surface area contributed by atoms with Gasteiger partial charge in [0, 0.05) is 13.1 Å². The SMILES string of the molecule is [C-]#[N+]C(c1cc2nc(N(Cc3ccc(OC)cc3)Cc3ccc(OC)cc3)c(C)cc2[nH]1)N1C(=O)c2ccccc2C1=O. The maximum atomic E-state index is 13.1. The quantitative estimate of drug-likeness (QED) is 0.165. The molecule has 1 aliphatic heterocycles. The molecule has 3 aromatic carbocycles. The molecule has 5 aromatic rings. The van der Waals surface area contributed by atoms with E-state index in [-0.39, 0.29) is 0 Å². The van der Waals surface area contributed by atoms with Crippen LogP contribution in [0.15, 0.2) is 84.9 Å². The van der Waals surface area contributed by atoms with Gasteiger partial charge in [0.2, 0.25) is 0 Å². The van der Waals surface area contributed by atoms with Gasteiger partial charge in [-0.25, -0.2) is 11.6 Å². The van der Waals surface area contributed by atoms with Crippen LogP contribution in [0, 0.1) is 13.5 Å². The number of benzene rings is 3. The van der Waals surface area contributed by atoms with Gasteiger partial charge in [-0.05, 0) is 72.1 Å². The fraction of sp³-hybridized carbons (Fsp3) is 0.176. The van der Waals surface area contributed by atoms with Gasteiger partial charge in [-0.15, -0.1) is 0 Å². The van der Waals surface area contributed by atoms with Gasteiger partial charge in [-0.1, -0.05) is 36.4 Å². The van der Waals surface area contributed by atoms with Crippen LogP contribution >= 0.6 is 0 Å². The first-order valence-corrected chi connectivity index (χ1v) is 13.7. The average molecular weight is 572 g/mol. The number of methoxy groups -OCH3 is 2. The van der Waals surface area contributed by atoms with Crippen molar-refractivity contribution < 1.29 is 19.1 Å². The zero-order chi connectivity index (χ0) is 30.1. The van der Waals surface area contributed by atoms with Crippen molar-refractivity contribution in [1.82, 2.24) is 14.9 Å². The fourth-order valence-corrected chi connectivity index (χ4v) is 5.43. The van der Waals surface area contributed by atoms with E-state index in [4.69, 9.17) is 21.0 Å².